The summed E-state index contributed by atoms with van der Waals surface area (Å²) in [5.41, 5.74) is 7.67. The first-order chi connectivity index (χ1) is 16.3. The molecule has 1 saturated carbocycles. The number of nitrogens with zero attached hydrogens (tertiary/aromatic N) is 4. The van der Waals surface area contributed by atoms with Gasteiger partial charge in [-0.2, -0.15) is 4.98 Å². The van der Waals surface area contributed by atoms with Crippen molar-refractivity contribution in [1.29, 1.82) is 0 Å². The molecule has 35 heavy (non-hydrogen) atoms. The van der Waals surface area contributed by atoms with Crippen LogP contribution in [-0.4, -0.2) is 62.2 Å². The summed E-state index contributed by atoms with van der Waals surface area (Å²) in [6.45, 7) is 10.7. The number of rotatable bonds is 2. The number of nitrogens with two attached hydrogens (primary N) is 1. The number of fused-ring (bicyclic) bond motifs is 2. The van der Waals surface area contributed by atoms with Crippen molar-refractivity contribution in [2.75, 3.05) is 18.8 Å². The van der Waals surface area contributed by atoms with Crippen molar-refractivity contribution in [3.8, 4) is 0 Å². The Morgan fingerprint density at radius 1 is 1.29 bits per heavy atom. The second kappa shape index (κ2) is 8.74. The van der Waals surface area contributed by atoms with Crippen molar-refractivity contribution in [2.24, 2.45) is 5.92 Å². The van der Waals surface area contributed by atoms with E-state index in [0.29, 0.717) is 24.6 Å². The lowest BCUT2D eigenvalue weighted by Gasteiger charge is -2.32. The van der Waals surface area contributed by atoms with Crippen molar-refractivity contribution in [2.45, 2.75) is 77.1 Å². The van der Waals surface area contributed by atoms with Gasteiger partial charge in [-0.25, -0.2) is 9.78 Å². The van der Waals surface area contributed by atoms with Gasteiger partial charge in [0.25, 0.3) is 0 Å². The molecule has 4 atom stereocenters. The van der Waals surface area contributed by atoms with Gasteiger partial charge in [-0.15, -0.1) is 0 Å². The maximum atomic E-state index is 12.5. The standard InChI is InChI=1S/C24H31ClIN5O4/c1-23(2,3)35-22(32)30-8-6-12(7-9-30)13-10-15(18-17(13)33-24(4,5)34-18)31-11-14(26)16-19(27)28-21(25)29-20(16)31/h6,11,13,15,17-18H,7-10H2,1-5H3,(H2,27,28,29)/t13-,15-,17-,18+/m1/s1. The van der Waals surface area contributed by atoms with Crippen molar-refractivity contribution >= 4 is 57.1 Å². The lowest BCUT2D eigenvalue weighted by atomic mass is 9.90. The number of aromatic nitrogens is 3. The molecule has 2 aromatic rings. The molecule has 1 aliphatic carbocycles. The first-order valence-electron chi connectivity index (χ1n) is 11.8. The van der Waals surface area contributed by atoms with Crippen LogP contribution >= 0.6 is 34.2 Å². The van der Waals surface area contributed by atoms with Gasteiger partial charge >= 0.3 is 6.09 Å². The Morgan fingerprint density at radius 3 is 2.66 bits per heavy atom. The van der Waals surface area contributed by atoms with Gasteiger partial charge in [-0.05, 0) is 81.7 Å². The number of hydrogen-bond donors (Lipinski definition) is 1. The molecule has 1 amide bonds. The SMILES string of the molecule is CC(C)(C)OC(=O)N1CC=C([C@H]2C[C@@H](n3cc(I)c4c(N)nc(Cl)nc43)[C@@H]3OC(C)(C)O[C@@H]32)CC1. The molecule has 11 heteroatoms. The smallest absolute Gasteiger partial charge is 0.410 e. The lowest BCUT2D eigenvalue weighted by molar-refractivity contribution is -0.158. The van der Waals surface area contributed by atoms with Crippen LogP contribution in [0.2, 0.25) is 5.28 Å². The minimum atomic E-state index is -0.689. The van der Waals surface area contributed by atoms with E-state index in [1.165, 1.54) is 5.57 Å². The highest BCUT2D eigenvalue weighted by Crippen LogP contribution is 2.51. The fourth-order valence-electron chi connectivity index (χ4n) is 5.46. The van der Waals surface area contributed by atoms with Crippen molar-refractivity contribution in [1.82, 2.24) is 19.4 Å². The Hall–Kier alpha value is -1.63. The summed E-state index contributed by atoms with van der Waals surface area (Å²) < 4.78 is 21.5. The maximum absolute atomic E-state index is 12.5. The van der Waals surface area contributed by atoms with E-state index in [0.717, 1.165) is 21.8 Å². The van der Waals surface area contributed by atoms with E-state index < -0.39 is 11.4 Å². The summed E-state index contributed by atoms with van der Waals surface area (Å²) in [4.78, 5) is 22.9. The molecular weight excluding hydrogens is 585 g/mol. The zero-order valence-corrected chi connectivity index (χ0v) is 23.5. The topological polar surface area (TPSA) is 105 Å². The third kappa shape index (κ3) is 4.74. The predicted molar refractivity (Wildman–Crippen MR) is 141 cm³/mol. The van der Waals surface area contributed by atoms with Gasteiger partial charge < -0.3 is 29.4 Å². The maximum Gasteiger partial charge on any atom is 0.410 e. The molecule has 190 valence electrons. The van der Waals surface area contributed by atoms with Crippen molar-refractivity contribution in [3.05, 3.63) is 26.7 Å². The van der Waals surface area contributed by atoms with E-state index in [4.69, 9.17) is 31.5 Å². The van der Waals surface area contributed by atoms with Gasteiger partial charge in [0, 0.05) is 28.8 Å². The third-order valence-corrected chi connectivity index (χ3v) is 7.78. The van der Waals surface area contributed by atoms with E-state index in [1.54, 1.807) is 4.90 Å². The van der Waals surface area contributed by atoms with Gasteiger partial charge in [-0.1, -0.05) is 11.6 Å². The molecule has 9 nitrogen and oxygen atoms in total. The molecule has 2 fully saturated rings. The van der Waals surface area contributed by atoms with E-state index in [-0.39, 0.29) is 35.5 Å². The van der Waals surface area contributed by atoms with E-state index in [9.17, 15) is 4.79 Å². The molecule has 0 aromatic carbocycles. The Labute approximate surface area is 223 Å². The van der Waals surface area contributed by atoms with Gasteiger partial charge in [0.2, 0.25) is 5.28 Å². The van der Waals surface area contributed by atoms with Crippen LogP contribution in [-0.2, 0) is 14.2 Å². The highest BCUT2D eigenvalue weighted by Gasteiger charge is 2.55. The van der Waals surface area contributed by atoms with E-state index in [2.05, 4.69) is 43.2 Å². The Morgan fingerprint density at radius 2 is 2.00 bits per heavy atom. The Kier molecular flexibility index (Phi) is 6.25. The largest absolute Gasteiger partial charge is 0.444 e. The third-order valence-electron chi connectivity index (χ3n) is 6.79. The molecule has 2 aromatic heterocycles. The van der Waals surface area contributed by atoms with Crippen LogP contribution in [0, 0.1) is 9.49 Å². The first kappa shape index (κ1) is 25.0. The van der Waals surface area contributed by atoms with E-state index >= 15 is 0 Å². The molecule has 0 bridgehead atoms. The molecule has 2 aliphatic heterocycles. The lowest BCUT2D eigenvalue weighted by Crippen LogP contribution is -2.40. The van der Waals surface area contributed by atoms with Gasteiger partial charge in [-0.3, -0.25) is 0 Å². The van der Waals surface area contributed by atoms with Gasteiger partial charge in [0.1, 0.15) is 23.2 Å². The summed E-state index contributed by atoms with van der Waals surface area (Å²) in [7, 11) is 0. The van der Waals surface area contributed by atoms with E-state index in [1.807, 2.05) is 40.8 Å². The van der Waals surface area contributed by atoms with Crippen LogP contribution in [0.3, 0.4) is 0 Å². The summed E-state index contributed by atoms with van der Waals surface area (Å²) in [5.74, 6) is -0.154. The fraction of sp³-hybridized carbons (Fsp3) is 0.625. The number of ether oxygens (including phenoxy) is 3. The van der Waals surface area contributed by atoms with Crippen LogP contribution in [0.5, 0.6) is 0 Å². The number of carbonyl (C=O) groups is 1. The normalized spacial score (nSPS) is 28.3. The number of anilines is 1. The molecule has 5 rings (SSSR count). The Bertz CT molecular complexity index is 1210. The first-order valence-corrected chi connectivity index (χ1v) is 13.3. The number of carbonyl (C=O) groups excluding carboxylic acids is 1. The molecule has 0 spiro atoms. The molecule has 3 aliphatic rings. The predicted octanol–water partition coefficient (Wildman–Crippen LogP) is 4.92. The number of hydrogen-bond acceptors (Lipinski definition) is 7. The second-order valence-corrected chi connectivity index (χ2v) is 12.4. The van der Waals surface area contributed by atoms with Crippen LogP contribution in [0.1, 0.15) is 53.5 Å². The van der Waals surface area contributed by atoms with Crippen LogP contribution in [0.4, 0.5) is 10.6 Å². The zero-order valence-electron chi connectivity index (χ0n) is 20.5. The minimum absolute atomic E-state index is 0.00653. The number of amides is 1. The zero-order chi connectivity index (χ0) is 25.3. The van der Waals surface area contributed by atoms with Crippen LogP contribution in [0.25, 0.3) is 11.0 Å². The Balaban J connectivity index is 1.44. The molecule has 2 N–H and O–H groups in total. The summed E-state index contributed by atoms with van der Waals surface area (Å²) in [6.07, 6.45) is 5.27. The monoisotopic (exact) mass is 615 g/mol. The highest BCUT2D eigenvalue weighted by atomic mass is 127. The van der Waals surface area contributed by atoms with Crippen molar-refractivity contribution in [3.63, 3.8) is 0 Å². The minimum Gasteiger partial charge on any atom is -0.444 e. The fourth-order valence-corrected chi connectivity index (χ4v) is 6.45. The quantitative estimate of drug-likeness (QED) is 0.291. The van der Waals surface area contributed by atoms with Gasteiger partial charge in [0.15, 0.2) is 5.79 Å². The highest BCUT2D eigenvalue weighted by molar-refractivity contribution is 14.1. The average Bonchev–Trinajstić information content (AvgIpc) is 3.34. The molecule has 0 unspecified atom stereocenters. The molecule has 4 heterocycles. The summed E-state index contributed by atoms with van der Waals surface area (Å²) >= 11 is 8.43. The summed E-state index contributed by atoms with van der Waals surface area (Å²) in [6, 6.07) is -0.00653. The molecule has 1 saturated heterocycles. The number of nitrogen functional groups attached to an aromatic ring is 1. The summed E-state index contributed by atoms with van der Waals surface area (Å²) in [5, 5.41) is 0.927. The second-order valence-electron chi connectivity index (χ2n) is 10.9. The van der Waals surface area contributed by atoms with Crippen LogP contribution in [0.15, 0.2) is 17.8 Å². The molecular formula is C24H31ClIN5O4. The number of halogens is 2. The van der Waals surface area contributed by atoms with Gasteiger partial charge in [0.05, 0.1) is 17.5 Å². The average molecular weight is 616 g/mol. The molecule has 0 radical (unpaired) electrons. The van der Waals surface area contributed by atoms with Crippen molar-refractivity contribution < 1.29 is 19.0 Å². The van der Waals surface area contributed by atoms with Crippen LogP contribution < -0.4 is 5.73 Å².